The number of aryl methyl sites for hydroxylation is 3. The summed E-state index contributed by atoms with van der Waals surface area (Å²) in [7, 11) is 0. The van der Waals surface area contributed by atoms with E-state index in [9.17, 15) is 4.79 Å². The summed E-state index contributed by atoms with van der Waals surface area (Å²) in [5.74, 6) is 0. The molecule has 0 spiro atoms. The number of nitrogens with zero attached hydrogens (tertiary/aromatic N) is 1. The highest BCUT2D eigenvalue weighted by Gasteiger charge is 2.08. The summed E-state index contributed by atoms with van der Waals surface area (Å²) >= 11 is 1.41. The average Bonchev–Trinajstić information content (AvgIpc) is 3.00. The summed E-state index contributed by atoms with van der Waals surface area (Å²) < 4.78 is 0. The highest BCUT2D eigenvalue weighted by atomic mass is 32.1. The Morgan fingerprint density at radius 2 is 1.71 bits per heavy atom. The standard InChI is InChI=1S/C19H19N3OS/c1-12-4-7-15(8-5-12)17-11-24-19(21-17)22-18(23)20-16-9-6-13(2)14(3)10-16/h4-11H,1-3H3,(H2,20,21,22,23). The van der Waals surface area contributed by atoms with E-state index in [0.29, 0.717) is 5.13 Å². The van der Waals surface area contributed by atoms with Gasteiger partial charge in [0.05, 0.1) is 5.69 Å². The van der Waals surface area contributed by atoms with E-state index in [4.69, 9.17) is 0 Å². The van der Waals surface area contributed by atoms with Gasteiger partial charge in [0.2, 0.25) is 0 Å². The van der Waals surface area contributed by atoms with E-state index in [1.54, 1.807) is 0 Å². The molecule has 0 radical (unpaired) electrons. The number of aromatic nitrogens is 1. The van der Waals surface area contributed by atoms with Crippen molar-refractivity contribution in [1.82, 2.24) is 4.98 Å². The van der Waals surface area contributed by atoms with Gasteiger partial charge in [0, 0.05) is 16.6 Å². The predicted molar refractivity (Wildman–Crippen MR) is 101 cm³/mol. The van der Waals surface area contributed by atoms with Crippen LogP contribution >= 0.6 is 11.3 Å². The van der Waals surface area contributed by atoms with Gasteiger partial charge in [-0.2, -0.15) is 0 Å². The Hall–Kier alpha value is -2.66. The van der Waals surface area contributed by atoms with Gasteiger partial charge in [-0.05, 0) is 44.0 Å². The van der Waals surface area contributed by atoms with E-state index in [-0.39, 0.29) is 6.03 Å². The Morgan fingerprint density at radius 1 is 0.958 bits per heavy atom. The summed E-state index contributed by atoms with van der Waals surface area (Å²) in [6, 6.07) is 13.7. The zero-order chi connectivity index (χ0) is 17.1. The number of urea groups is 1. The van der Waals surface area contributed by atoms with E-state index in [1.165, 1.54) is 22.5 Å². The fourth-order valence-electron chi connectivity index (χ4n) is 2.27. The number of hydrogen-bond acceptors (Lipinski definition) is 3. The van der Waals surface area contributed by atoms with Crippen LogP contribution in [0.3, 0.4) is 0 Å². The largest absolute Gasteiger partial charge is 0.325 e. The first-order valence-corrected chi connectivity index (χ1v) is 8.57. The highest BCUT2D eigenvalue weighted by Crippen LogP contribution is 2.25. The van der Waals surface area contributed by atoms with Gasteiger partial charge in [-0.15, -0.1) is 11.3 Å². The number of carbonyl (C=O) groups excluding carboxylic acids is 1. The van der Waals surface area contributed by atoms with E-state index in [0.717, 1.165) is 22.5 Å². The predicted octanol–water partition coefficient (Wildman–Crippen LogP) is 5.38. The molecule has 0 fully saturated rings. The molecular weight excluding hydrogens is 318 g/mol. The van der Waals surface area contributed by atoms with Crippen molar-refractivity contribution in [3.63, 3.8) is 0 Å². The first kappa shape index (κ1) is 16.2. The molecule has 0 aliphatic carbocycles. The van der Waals surface area contributed by atoms with Crippen molar-refractivity contribution in [2.75, 3.05) is 10.6 Å². The van der Waals surface area contributed by atoms with Crippen LogP contribution in [0.25, 0.3) is 11.3 Å². The van der Waals surface area contributed by atoms with Crippen molar-refractivity contribution in [2.45, 2.75) is 20.8 Å². The van der Waals surface area contributed by atoms with Crippen LogP contribution < -0.4 is 10.6 Å². The van der Waals surface area contributed by atoms with Gasteiger partial charge in [-0.1, -0.05) is 35.9 Å². The van der Waals surface area contributed by atoms with Crippen LogP contribution in [0.5, 0.6) is 0 Å². The molecule has 2 N–H and O–H groups in total. The second-order valence-corrected chi connectivity index (χ2v) is 6.64. The number of amides is 2. The van der Waals surface area contributed by atoms with Crippen molar-refractivity contribution in [3.05, 3.63) is 64.5 Å². The molecule has 122 valence electrons. The third-order valence-corrected chi connectivity index (χ3v) is 4.59. The van der Waals surface area contributed by atoms with Crippen LogP contribution in [-0.2, 0) is 0 Å². The Morgan fingerprint density at radius 3 is 2.42 bits per heavy atom. The average molecular weight is 337 g/mol. The van der Waals surface area contributed by atoms with Gasteiger partial charge in [0.15, 0.2) is 5.13 Å². The first-order chi connectivity index (χ1) is 11.5. The molecule has 3 aromatic rings. The van der Waals surface area contributed by atoms with Gasteiger partial charge < -0.3 is 5.32 Å². The van der Waals surface area contributed by atoms with E-state index in [1.807, 2.05) is 61.7 Å². The molecule has 4 nitrogen and oxygen atoms in total. The third kappa shape index (κ3) is 3.81. The maximum atomic E-state index is 12.1. The van der Waals surface area contributed by atoms with E-state index in [2.05, 4.69) is 22.5 Å². The normalized spacial score (nSPS) is 10.5. The molecule has 5 heteroatoms. The van der Waals surface area contributed by atoms with Crippen molar-refractivity contribution in [1.29, 1.82) is 0 Å². The van der Waals surface area contributed by atoms with Crippen LogP contribution in [0.1, 0.15) is 16.7 Å². The maximum absolute atomic E-state index is 12.1. The van der Waals surface area contributed by atoms with Gasteiger partial charge >= 0.3 is 6.03 Å². The Labute approximate surface area is 145 Å². The fraction of sp³-hybridized carbons (Fsp3) is 0.158. The van der Waals surface area contributed by atoms with Crippen molar-refractivity contribution in [2.24, 2.45) is 0 Å². The molecule has 2 amide bonds. The topological polar surface area (TPSA) is 54.0 Å². The summed E-state index contributed by atoms with van der Waals surface area (Å²) in [6.45, 7) is 6.11. The molecule has 0 aliphatic heterocycles. The molecule has 0 bridgehead atoms. The monoisotopic (exact) mass is 337 g/mol. The molecule has 1 aromatic heterocycles. The minimum absolute atomic E-state index is 0.289. The van der Waals surface area contributed by atoms with Crippen LogP contribution in [0, 0.1) is 20.8 Å². The number of thiazole rings is 1. The summed E-state index contributed by atoms with van der Waals surface area (Å²) in [4.78, 5) is 16.6. The second kappa shape index (κ2) is 6.84. The summed E-state index contributed by atoms with van der Waals surface area (Å²) in [5, 5.41) is 8.13. The maximum Gasteiger partial charge on any atom is 0.325 e. The second-order valence-electron chi connectivity index (χ2n) is 5.78. The molecule has 24 heavy (non-hydrogen) atoms. The summed E-state index contributed by atoms with van der Waals surface area (Å²) in [6.07, 6.45) is 0. The molecule has 0 saturated heterocycles. The fourth-order valence-corrected chi connectivity index (χ4v) is 2.98. The van der Waals surface area contributed by atoms with Crippen LogP contribution in [0.2, 0.25) is 0 Å². The van der Waals surface area contributed by atoms with Crippen LogP contribution in [0.15, 0.2) is 47.8 Å². The number of rotatable bonds is 3. The molecular formula is C19H19N3OS. The zero-order valence-electron chi connectivity index (χ0n) is 13.9. The van der Waals surface area contributed by atoms with Crippen molar-refractivity contribution in [3.8, 4) is 11.3 Å². The molecule has 2 aromatic carbocycles. The zero-order valence-corrected chi connectivity index (χ0v) is 14.7. The Kier molecular flexibility index (Phi) is 4.62. The molecule has 1 heterocycles. The first-order valence-electron chi connectivity index (χ1n) is 7.69. The smallest absolute Gasteiger partial charge is 0.308 e. The number of benzene rings is 2. The Bertz CT molecular complexity index is 869. The third-order valence-electron chi connectivity index (χ3n) is 3.84. The lowest BCUT2D eigenvalue weighted by Gasteiger charge is -2.07. The number of hydrogen-bond donors (Lipinski definition) is 2. The number of nitrogens with one attached hydrogen (secondary N) is 2. The SMILES string of the molecule is Cc1ccc(-c2csc(NC(=O)Nc3ccc(C)c(C)c3)n2)cc1. The lowest BCUT2D eigenvalue weighted by Crippen LogP contribution is -2.19. The minimum atomic E-state index is -0.289. The van der Waals surface area contributed by atoms with Gasteiger partial charge in [0.25, 0.3) is 0 Å². The van der Waals surface area contributed by atoms with Crippen molar-refractivity contribution >= 4 is 28.2 Å². The number of carbonyl (C=O) groups is 1. The molecule has 0 aliphatic rings. The summed E-state index contributed by atoms with van der Waals surface area (Å²) in [5.41, 5.74) is 6.22. The Balaban J connectivity index is 1.66. The highest BCUT2D eigenvalue weighted by molar-refractivity contribution is 7.14. The quantitative estimate of drug-likeness (QED) is 0.674. The van der Waals surface area contributed by atoms with Gasteiger partial charge in [0.1, 0.15) is 0 Å². The van der Waals surface area contributed by atoms with Gasteiger partial charge in [-0.25, -0.2) is 9.78 Å². The number of anilines is 2. The van der Waals surface area contributed by atoms with Crippen LogP contribution in [-0.4, -0.2) is 11.0 Å². The lowest BCUT2D eigenvalue weighted by molar-refractivity contribution is 0.262. The lowest BCUT2D eigenvalue weighted by atomic mass is 10.1. The molecule has 3 rings (SSSR count). The minimum Gasteiger partial charge on any atom is -0.308 e. The molecule has 0 saturated carbocycles. The van der Waals surface area contributed by atoms with Crippen LogP contribution in [0.4, 0.5) is 15.6 Å². The van der Waals surface area contributed by atoms with Gasteiger partial charge in [-0.3, -0.25) is 5.32 Å². The molecule has 0 atom stereocenters. The van der Waals surface area contributed by atoms with E-state index < -0.39 is 0 Å². The van der Waals surface area contributed by atoms with E-state index >= 15 is 0 Å². The van der Waals surface area contributed by atoms with Crippen molar-refractivity contribution < 1.29 is 4.79 Å². The molecule has 0 unspecified atom stereocenters.